The molecule has 0 amide bonds. The second kappa shape index (κ2) is 4.70. The van der Waals surface area contributed by atoms with Gasteiger partial charge >= 0.3 is 0 Å². The molecule has 0 bridgehead atoms. The van der Waals surface area contributed by atoms with Crippen LogP contribution in [0.3, 0.4) is 0 Å². The van der Waals surface area contributed by atoms with Gasteiger partial charge in [-0.25, -0.2) is 4.39 Å². The quantitative estimate of drug-likeness (QED) is 0.712. The van der Waals surface area contributed by atoms with Crippen LogP contribution in [0, 0.1) is 23.1 Å². The molecule has 3 heteroatoms. The Morgan fingerprint density at radius 2 is 2.27 bits per heavy atom. The van der Waals surface area contributed by atoms with Gasteiger partial charge < -0.3 is 0 Å². The smallest absolute Gasteiger partial charge is 0.168 e. The predicted octanol–water partition coefficient (Wildman–Crippen LogP) is 2.93. The van der Waals surface area contributed by atoms with Crippen molar-refractivity contribution < 1.29 is 9.18 Å². The third-order valence-electron chi connectivity index (χ3n) is 2.42. The molecule has 0 aliphatic carbocycles. The zero-order valence-electron chi connectivity index (χ0n) is 8.75. The maximum absolute atomic E-state index is 13.3. The van der Waals surface area contributed by atoms with Crippen molar-refractivity contribution >= 4 is 5.78 Å². The average Bonchev–Trinajstić information content (AvgIpc) is 2.27. The molecule has 1 atom stereocenters. The van der Waals surface area contributed by atoms with Crippen molar-refractivity contribution in [1.29, 1.82) is 5.26 Å². The third-order valence-corrected chi connectivity index (χ3v) is 2.42. The molecular formula is C12H12FNO. The second-order valence-corrected chi connectivity index (χ2v) is 3.48. The lowest BCUT2D eigenvalue weighted by molar-refractivity contribution is 0.0923. The Bertz CT molecular complexity index is 420. The summed E-state index contributed by atoms with van der Waals surface area (Å²) in [4.78, 5) is 11.7. The first-order valence-corrected chi connectivity index (χ1v) is 4.84. The van der Waals surface area contributed by atoms with E-state index in [9.17, 15) is 9.18 Å². The van der Waals surface area contributed by atoms with Crippen molar-refractivity contribution in [3.8, 4) is 6.07 Å². The van der Waals surface area contributed by atoms with Gasteiger partial charge in [-0.15, -0.1) is 0 Å². The van der Waals surface area contributed by atoms with E-state index in [1.165, 1.54) is 12.1 Å². The fraction of sp³-hybridized carbons (Fsp3) is 0.333. The van der Waals surface area contributed by atoms with Crippen molar-refractivity contribution in [3.05, 3.63) is 35.1 Å². The third kappa shape index (κ3) is 2.41. The summed E-state index contributed by atoms with van der Waals surface area (Å²) >= 11 is 0. The Morgan fingerprint density at radius 1 is 1.60 bits per heavy atom. The zero-order chi connectivity index (χ0) is 11.4. The molecule has 1 unspecified atom stereocenters. The van der Waals surface area contributed by atoms with Gasteiger partial charge in [0.05, 0.1) is 17.2 Å². The van der Waals surface area contributed by atoms with Crippen LogP contribution in [-0.4, -0.2) is 5.78 Å². The summed E-state index contributed by atoms with van der Waals surface area (Å²) in [5, 5.41) is 8.65. The number of carbonyl (C=O) groups excluding carboxylic acids is 1. The molecule has 0 spiro atoms. The topological polar surface area (TPSA) is 40.9 Å². The maximum Gasteiger partial charge on any atom is 0.168 e. The molecular weight excluding hydrogens is 193 g/mol. The number of hydrogen-bond acceptors (Lipinski definition) is 2. The summed E-state index contributed by atoms with van der Waals surface area (Å²) in [7, 11) is 0. The van der Waals surface area contributed by atoms with E-state index < -0.39 is 5.82 Å². The lowest BCUT2D eigenvalue weighted by atomic mass is 9.96. The van der Waals surface area contributed by atoms with E-state index in [1.54, 1.807) is 6.92 Å². The normalized spacial score (nSPS) is 11.9. The standard InChI is InChI=1S/C12H12FNO/c1-3-8(2)12(15)10-6-9(7-14)4-5-11(10)13/h4-6,8H,3H2,1-2H3. The molecule has 15 heavy (non-hydrogen) atoms. The maximum atomic E-state index is 13.3. The molecule has 1 rings (SSSR count). The van der Waals surface area contributed by atoms with E-state index in [4.69, 9.17) is 5.26 Å². The predicted molar refractivity (Wildman–Crippen MR) is 54.9 cm³/mol. The number of Topliss-reactive ketones (excluding diaryl/α,β-unsaturated/α-hetero) is 1. The van der Waals surface area contributed by atoms with Gasteiger partial charge in [-0.05, 0) is 24.6 Å². The Labute approximate surface area is 88.3 Å². The van der Waals surface area contributed by atoms with Crippen LogP contribution in [0.15, 0.2) is 18.2 Å². The number of nitriles is 1. The number of hydrogen-bond donors (Lipinski definition) is 0. The highest BCUT2D eigenvalue weighted by Gasteiger charge is 2.17. The number of ketones is 1. The molecule has 0 saturated carbocycles. The summed E-state index contributed by atoms with van der Waals surface area (Å²) in [6.45, 7) is 3.62. The van der Waals surface area contributed by atoms with Crippen molar-refractivity contribution in [2.45, 2.75) is 20.3 Å². The molecule has 1 aromatic rings. The monoisotopic (exact) mass is 205 g/mol. The first-order valence-electron chi connectivity index (χ1n) is 4.84. The van der Waals surface area contributed by atoms with E-state index in [2.05, 4.69) is 0 Å². The van der Waals surface area contributed by atoms with E-state index in [0.717, 1.165) is 6.07 Å². The fourth-order valence-electron chi connectivity index (χ4n) is 1.23. The molecule has 1 aromatic carbocycles. The van der Waals surface area contributed by atoms with E-state index in [0.29, 0.717) is 12.0 Å². The van der Waals surface area contributed by atoms with Crippen LogP contribution in [0.1, 0.15) is 36.2 Å². The van der Waals surface area contributed by atoms with Crippen molar-refractivity contribution in [2.75, 3.05) is 0 Å². The molecule has 0 saturated heterocycles. The summed E-state index contributed by atoms with van der Waals surface area (Å²) in [6, 6.07) is 5.72. The number of rotatable bonds is 3. The summed E-state index contributed by atoms with van der Waals surface area (Å²) in [5.74, 6) is -1.01. The Hall–Kier alpha value is -1.69. The Morgan fingerprint density at radius 3 is 2.80 bits per heavy atom. The largest absolute Gasteiger partial charge is 0.294 e. The SMILES string of the molecule is CCC(C)C(=O)c1cc(C#N)ccc1F. The first-order chi connectivity index (χ1) is 7.10. The van der Waals surface area contributed by atoms with Crippen LogP contribution in [0.2, 0.25) is 0 Å². The van der Waals surface area contributed by atoms with Crippen molar-refractivity contribution in [2.24, 2.45) is 5.92 Å². The second-order valence-electron chi connectivity index (χ2n) is 3.48. The Kier molecular flexibility index (Phi) is 3.56. The number of nitrogens with zero attached hydrogens (tertiary/aromatic N) is 1. The minimum absolute atomic E-state index is 0.0170. The highest BCUT2D eigenvalue weighted by Crippen LogP contribution is 2.16. The van der Waals surface area contributed by atoms with E-state index in [1.807, 2.05) is 13.0 Å². The molecule has 2 nitrogen and oxygen atoms in total. The van der Waals surface area contributed by atoms with Gasteiger partial charge in [0.25, 0.3) is 0 Å². The van der Waals surface area contributed by atoms with Crippen LogP contribution in [0.4, 0.5) is 4.39 Å². The van der Waals surface area contributed by atoms with Crippen LogP contribution in [0.5, 0.6) is 0 Å². The van der Waals surface area contributed by atoms with Crippen LogP contribution >= 0.6 is 0 Å². The van der Waals surface area contributed by atoms with Crippen molar-refractivity contribution in [1.82, 2.24) is 0 Å². The minimum Gasteiger partial charge on any atom is -0.294 e. The zero-order valence-corrected chi connectivity index (χ0v) is 8.75. The highest BCUT2D eigenvalue weighted by atomic mass is 19.1. The summed E-state index contributed by atoms with van der Waals surface area (Å²) in [6.07, 6.45) is 0.662. The molecule has 0 fully saturated rings. The molecule has 0 aromatic heterocycles. The lowest BCUT2D eigenvalue weighted by Gasteiger charge is -2.08. The molecule has 78 valence electrons. The van der Waals surface area contributed by atoms with Gasteiger partial charge in [0.15, 0.2) is 5.78 Å². The first kappa shape index (κ1) is 11.4. The van der Waals surface area contributed by atoms with Crippen LogP contribution in [-0.2, 0) is 0 Å². The molecule has 0 aliphatic rings. The summed E-state index contributed by atoms with van der Waals surface area (Å²) in [5.41, 5.74) is 0.325. The van der Waals surface area contributed by atoms with Gasteiger partial charge in [-0.1, -0.05) is 13.8 Å². The van der Waals surface area contributed by atoms with Crippen molar-refractivity contribution in [3.63, 3.8) is 0 Å². The lowest BCUT2D eigenvalue weighted by Crippen LogP contribution is -2.12. The van der Waals surface area contributed by atoms with Gasteiger partial charge in [-0.3, -0.25) is 4.79 Å². The molecule has 0 aliphatic heterocycles. The highest BCUT2D eigenvalue weighted by molar-refractivity contribution is 5.98. The minimum atomic E-state index is -0.556. The van der Waals surface area contributed by atoms with E-state index >= 15 is 0 Å². The van der Waals surface area contributed by atoms with Gasteiger partial charge in [0.2, 0.25) is 0 Å². The van der Waals surface area contributed by atoms with Crippen LogP contribution in [0.25, 0.3) is 0 Å². The number of carbonyl (C=O) groups is 1. The van der Waals surface area contributed by atoms with E-state index in [-0.39, 0.29) is 17.3 Å². The average molecular weight is 205 g/mol. The fourth-order valence-corrected chi connectivity index (χ4v) is 1.23. The van der Waals surface area contributed by atoms with Crippen LogP contribution < -0.4 is 0 Å². The van der Waals surface area contributed by atoms with Gasteiger partial charge in [0.1, 0.15) is 5.82 Å². The Balaban J connectivity index is 3.14. The number of halogens is 1. The summed E-state index contributed by atoms with van der Waals surface area (Å²) < 4.78 is 13.3. The van der Waals surface area contributed by atoms with Gasteiger partial charge in [-0.2, -0.15) is 5.26 Å². The molecule has 0 heterocycles. The van der Waals surface area contributed by atoms with Gasteiger partial charge in [0, 0.05) is 5.92 Å². The molecule has 0 radical (unpaired) electrons. The molecule has 0 N–H and O–H groups in total. The number of benzene rings is 1.